The predicted octanol–water partition coefficient (Wildman–Crippen LogP) is -0.867. The Morgan fingerprint density at radius 1 is 1.36 bits per heavy atom. The van der Waals surface area contributed by atoms with Crippen LogP contribution in [0.3, 0.4) is 0 Å². The zero-order valence-corrected chi connectivity index (χ0v) is 12.0. The largest absolute Gasteiger partial charge is 0.478 e. The quantitative estimate of drug-likeness (QED) is 0.655. The number of β-amino-alcohol motifs (C(OH)–C–C–N with tert-alkyl or cyclic N) is 1. The first kappa shape index (κ1) is 16.3. The molecule has 0 bridgehead atoms. The minimum Gasteiger partial charge on any atom is -0.478 e. The number of aromatic carboxylic acids is 1. The maximum Gasteiger partial charge on any atom is 0.338 e. The highest BCUT2D eigenvalue weighted by Crippen LogP contribution is 2.27. The number of aliphatic hydroxyl groups is 1. The van der Waals surface area contributed by atoms with Crippen LogP contribution in [0.1, 0.15) is 16.8 Å². The molecule has 1 aliphatic heterocycles. The fourth-order valence-corrected chi connectivity index (χ4v) is 3.94. The lowest BCUT2D eigenvalue weighted by atomic mass is 10.2. The van der Waals surface area contributed by atoms with Gasteiger partial charge in [0.05, 0.1) is 16.6 Å². The molecule has 0 aromatic heterocycles. The molecule has 2 atom stereocenters. The van der Waals surface area contributed by atoms with Crippen LogP contribution in [0.4, 0.5) is 4.39 Å². The molecule has 1 amide bonds. The van der Waals surface area contributed by atoms with Gasteiger partial charge in [0.25, 0.3) is 0 Å². The third-order valence-electron chi connectivity index (χ3n) is 3.34. The average Bonchev–Trinajstić information content (AvgIpc) is 2.81. The van der Waals surface area contributed by atoms with Gasteiger partial charge in [-0.15, -0.1) is 0 Å². The van der Waals surface area contributed by atoms with Gasteiger partial charge in [0, 0.05) is 13.0 Å². The molecule has 1 aliphatic rings. The Morgan fingerprint density at radius 2 is 2.00 bits per heavy atom. The number of halogens is 1. The van der Waals surface area contributed by atoms with E-state index >= 15 is 0 Å². The van der Waals surface area contributed by atoms with Crippen LogP contribution < -0.4 is 5.73 Å². The number of carbonyl (C=O) groups excluding carboxylic acids is 1. The molecule has 0 aliphatic carbocycles. The van der Waals surface area contributed by atoms with Crippen LogP contribution in [-0.2, 0) is 14.8 Å². The Hall–Kier alpha value is -2.04. The number of primary amides is 1. The maximum absolute atomic E-state index is 13.3. The van der Waals surface area contributed by atoms with Crippen molar-refractivity contribution >= 4 is 21.9 Å². The van der Waals surface area contributed by atoms with Crippen LogP contribution >= 0.6 is 0 Å². The molecule has 8 nitrogen and oxygen atoms in total. The van der Waals surface area contributed by atoms with E-state index in [-0.39, 0.29) is 13.0 Å². The Kier molecular flexibility index (Phi) is 4.18. The highest BCUT2D eigenvalue weighted by atomic mass is 32.2. The van der Waals surface area contributed by atoms with Crippen molar-refractivity contribution in [3.8, 4) is 0 Å². The second-order valence-corrected chi connectivity index (χ2v) is 6.72. The molecule has 0 spiro atoms. The summed E-state index contributed by atoms with van der Waals surface area (Å²) in [5, 5.41) is 18.4. The normalized spacial score (nSPS) is 22.6. The van der Waals surface area contributed by atoms with Crippen LogP contribution in [0.5, 0.6) is 0 Å². The van der Waals surface area contributed by atoms with E-state index in [2.05, 4.69) is 0 Å². The topological polar surface area (TPSA) is 138 Å². The molecule has 120 valence electrons. The molecule has 0 unspecified atom stereocenters. The number of aliphatic hydroxyl groups excluding tert-OH is 1. The number of nitrogens with zero attached hydrogens (tertiary/aromatic N) is 1. The zero-order chi connectivity index (χ0) is 16.7. The monoisotopic (exact) mass is 332 g/mol. The minimum atomic E-state index is -4.30. The molecular weight excluding hydrogens is 319 g/mol. The van der Waals surface area contributed by atoms with Crippen LogP contribution in [0.2, 0.25) is 0 Å². The third kappa shape index (κ3) is 2.80. The van der Waals surface area contributed by atoms with Crippen molar-refractivity contribution in [2.45, 2.75) is 23.5 Å². The minimum absolute atomic E-state index is 0.151. The van der Waals surface area contributed by atoms with Crippen molar-refractivity contribution in [3.63, 3.8) is 0 Å². The Labute approximate surface area is 125 Å². The number of hydrogen-bond acceptors (Lipinski definition) is 5. The SMILES string of the molecule is NC(=O)[C@H]1C[C@@H](O)CN1S(=O)(=O)c1ccc(F)c(C(=O)O)c1. The van der Waals surface area contributed by atoms with E-state index in [1.165, 1.54) is 0 Å². The summed E-state index contributed by atoms with van der Waals surface area (Å²) in [5.41, 5.74) is 4.31. The highest BCUT2D eigenvalue weighted by molar-refractivity contribution is 7.89. The summed E-state index contributed by atoms with van der Waals surface area (Å²) in [6, 6.07) is 1.02. The summed E-state index contributed by atoms with van der Waals surface area (Å²) in [5.74, 6) is -3.64. The summed E-state index contributed by atoms with van der Waals surface area (Å²) in [4.78, 5) is 21.7. The molecule has 22 heavy (non-hydrogen) atoms. The molecule has 10 heteroatoms. The van der Waals surface area contributed by atoms with Gasteiger partial charge in [-0.25, -0.2) is 17.6 Å². The third-order valence-corrected chi connectivity index (χ3v) is 5.21. The molecule has 1 aromatic rings. The van der Waals surface area contributed by atoms with Crippen LogP contribution in [-0.4, -0.2) is 53.5 Å². The first-order valence-electron chi connectivity index (χ1n) is 6.16. The molecule has 1 fully saturated rings. The number of hydrogen-bond donors (Lipinski definition) is 3. The van der Waals surface area contributed by atoms with Gasteiger partial charge < -0.3 is 15.9 Å². The summed E-state index contributed by atoms with van der Waals surface area (Å²) in [6.45, 7) is -0.351. The fraction of sp³-hybridized carbons (Fsp3) is 0.333. The van der Waals surface area contributed by atoms with Gasteiger partial charge in [-0.05, 0) is 18.2 Å². The number of carboxylic acid groups (broad SMARTS) is 1. The number of carbonyl (C=O) groups is 2. The fourth-order valence-electron chi connectivity index (χ4n) is 2.27. The standard InChI is InChI=1S/C12H13FN2O6S/c13-9-2-1-7(4-8(9)12(18)19)22(20,21)15-5-6(16)3-10(15)11(14)17/h1-2,4,6,10,16H,3,5H2,(H2,14,17)(H,18,19)/t6-,10-/m1/s1. The number of benzene rings is 1. The second-order valence-electron chi connectivity index (χ2n) is 4.83. The van der Waals surface area contributed by atoms with Gasteiger partial charge in [-0.2, -0.15) is 4.31 Å². The van der Waals surface area contributed by atoms with E-state index in [4.69, 9.17) is 10.8 Å². The van der Waals surface area contributed by atoms with E-state index < -0.39 is 50.3 Å². The summed E-state index contributed by atoms with van der Waals surface area (Å²) in [7, 11) is -4.30. The van der Waals surface area contributed by atoms with E-state index in [1.807, 2.05) is 0 Å². The number of nitrogens with two attached hydrogens (primary N) is 1. The first-order valence-corrected chi connectivity index (χ1v) is 7.60. The number of amides is 1. The smallest absolute Gasteiger partial charge is 0.338 e. The lowest BCUT2D eigenvalue weighted by molar-refractivity contribution is -0.121. The molecule has 1 heterocycles. The second kappa shape index (κ2) is 5.63. The van der Waals surface area contributed by atoms with Crippen LogP contribution in [0.15, 0.2) is 23.1 Å². The van der Waals surface area contributed by atoms with Gasteiger partial charge in [0.15, 0.2) is 0 Å². The van der Waals surface area contributed by atoms with Crippen LogP contribution in [0, 0.1) is 5.82 Å². The number of sulfonamides is 1. The Morgan fingerprint density at radius 3 is 2.55 bits per heavy atom. The van der Waals surface area contributed by atoms with Crippen molar-refractivity contribution in [1.29, 1.82) is 0 Å². The summed E-state index contributed by atoms with van der Waals surface area (Å²) in [6.07, 6.45) is -1.21. The zero-order valence-electron chi connectivity index (χ0n) is 11.1. The lowest BCUT2D eigenvalue weighted by Crippen LogP contribution is -2.43. The van der Waals surface area contributed by atoms with Crippen LogP contribution in [0.25, 0.3) is 0 Å². The van der Waals surface area contributed by atoms with Crippen molar-refractivity contribution in [1.82, 2.24) is 4.31 Å². The van der Waals surface area contributed by atoms with E-state index in [0.717, 1.165) is 6.07 Å². The van der Waals surface area contributed by atoms with Crippen molar-refractivity contribution in [2.24, 2.45) is 5.73 Å². The molecule has 0 radical (unpaired) electrons. The molecule has 1 aromatic carbocycles. The molecule has 4 N–H and O–H groups in total. The van der Waals surface area contributed by atoms with Crippen molar-refractivity contribution < 1.29 is 32.6 Å². The van der Waals surface area contributed by atoms with E-state index in [0.29, 0.717) is 16.4 Å². The van der Waals surface area contributed by atoms with Gasteiger partial charge in [-0.3, -0.25) is 4.79 Å². The molecular formula is C12H13FN2O6S. The first-order chi connectivity index (χ1) is 10.1. The van der Waals surface area contributed by atoms with Gasteiger partial charge in [0.1, 0.15) is 11.9 Å². The highest BCUT2D eigenvalue weighted by Gasteiger charge is 2.42. The molecule has 1 saturated heterocycles. The maximum atomic E-state index is 13.3. The van der Waals surface area contributed by atoms with Crippen molar-refractivity contribution in [3.05, 3.63) is 29.6 Å². The van der Waals surface area contributed by atoms with Crippen molar-refractivity contribution in [2.75, 3.05) is 6.54 Å². The summed E-state index contributed by atoms with van der Waals surface area (Å²) < 4.78 is 39.0. The Balaban J connectivity index is 2.49. The number of rotatable bonds is 4. The Bertz CT molecular complexity index is 735. The predicted molar refractivity (Wildman–Crippen MR) is 70.9 cm³/mol. The molecule has 0 saturated carbocycles. The average molecular weight is 332 g/mol. The van der Waals surface area contributed by atoms with Gasteiger partial charge >= 0.3 is 5.97 Å². The van der Waals surface area contributed by atoms with E-state index in [1.54, 1.807) is 0 Å². The lowest BCUT2D eigenvalue weighted by Gasteiger charge is -2.21. The van der Waals surface area contributed by atoms with Gasteiger partial charge in [-0.1, -0.05) is 0 Å². The van der Waals surface area contributed by atoms with E-state index in [9.17, 15) is 27.5 Å². The molecule has 2 rings (SSSR count). The number of carboxylic acids is 1. The summed E-state index contributed by atoms with van der Waals surface area (Å²) >= 11 is 0. The van der Waals surface area contributed by atoms with Gasteiger partial charge in [0.2, 0.25) is 15.9 Å².